The molecular weight excluding hydrogens is 404 g/mol. The molecule has 1 aromatic carbocycles. The molecule has 0 aliphatic carbocycles. The third-order valence-electron chi connectivity index (χ3n) is 7.79. The molecule has 4 aliphatic rings. The second-order valence-corrected chi connectivity index (χ2v) is 9.83. The van der Waals surface area contributed by atoms with Crippen LogP contribution in [-0.4, -0.2) is 77.7 Å². The van der Waals surface area contributed by atoms with Crippen molar-refractivity contribution in [3.63, 3.8) is 0 Å². The van der Waals surface area contributed by atoms with Crippen molar-refractivity contribution in [2.45, 2.75) is 63.5 Å². The van der Waals surface area contributed by atoms with Gasteiger partial charge in [0.05, 0.1) is 0 Å². The van der Waals surface area contributed by atoms with E-state index in [2.05, 4.69) is 27.2 Å². The Morgan fingerprint density at radius 1 is 0.875 bits per heavy atom. The molecule has 0 aromatic heterocycles. The summed E-state index contributed by atoms with van der Waals surface area (Å²) in [6.45, 7) is 7.63. The van der Waals surface area contributed by atoms with Gasteiger partial charge in [-0.15, -0.1) is 0 Å². The van der Waals surface area contributed by atoms with Crippen molar-refractivity contribution in [1.29, 1.82) is 0 Å². The van der Waals surface area contributed by atoms with Crippen LogP contribution in [0.4, 0.5) is 0 Å². The van der Waals surface area contributed by atoms with Gasteiger partial charge in [0.2, 0.25) is 11.8 Å². The Morgan fingerprint density at radius 3 is 2.31 bits per heavy atom. The molecule has 3 saturated heterocycles. The SMILES string of the molecule is O=C1CCC(N2Cc3cc(C4CCN(CCN5CCCCC5)CC4)ccc3C2=O)C(=O)N1. The van der Waals surface area contributed by atoms with Gasteiger partial charge in [-0.05, 0) is 81.4 Å². The summed E-state index contributed by atoms with van der Waals surface area (Å²) in [5.41, 5.74) is 3.04. The number of amides is 3. The molecule has 5 rings (SSSR count). The Kier molecular flexibility index (Phi) is 6.28. The Hall–Kier alpha value is -2.25. The first-order valence-corrected chi connectivity index (χ1v) is 12.3. The topological polar surface area (TPSA) is 73.0 Å². The van der Waals surface area contributed by atoms with Gasteiger partial charge in [0, 0.05) is 31.6 Å². The molecule has 4 aliphatic heterocycles. The zero-order chi connectivity index (χ0) is 22.1. The average Bonchev–Trinajstić information content (AvgIpc) is 3.14. The molecule has 0 spiro atoms. The molecule has 7 nitrogen and oxygen atoms in total. The fourth-order valence-electron chi connectivity index (χ4n) is 5.80. The summed E-state index contributed by atoms with van der Waals surface area (Å²) in [4.78, 5) is 43.5. The van der Waals surface area contributed by atoms with Crippen LogP contribution in [0.25, 0.3) is 0 Å². The van der Waals surface area contributed by atoms with Gasteiger partial charge >= 0.3 is 0 Å². The molecule has 4 heterocycles. The van der Waals surface area contributed by atoms with Gasteiger partial charge in [-0.3, -0.25) is 19.7 Å². The van der Waals surface area contributed by atoms with E-state index in [1.165, 1.54) is 51.0 Å². The van der Waals surface area contributed by atoms with Crippen molar-refractivity contribution < 1.29 is 14.4 Å². The number of hydrogen-bond acceptors (Lipinski definition) is 5. The largest absolute Gasteiger partial charge is 0.322 e. The van der Waals surface area contributed by atoms with Gasteiger partial charge in [0.25, 0.3) is 5.91 Å². The van der Waals surface area contributed by atoms with Crippen LogP contribution in [0, 0.1) is 0 Å². The second kappa shape index (κ2) is 9.32. The van der Waals surface area contributed by atoms with Gasteiger partial charge in [0.15, 0.2) is 0 Å². The van der Waals surface area contributed by atoms with E-state index in [9.17, 15) is 14.4 Å². The fourth-order valence-corrected chi connectivity index (χ4v) is 5.80. The zero-order valence-electron chi connectivity index (χ0n) is 18.9. The van der Waals surface area contributed by atoms with Gasteiger partial charge in [-0.2, -0.15) is 0 Å². The minimum atomic E-state index is -0.542. The van der Waals surface area contributed by atoms with E-state index in [1.807, 2.05) is 6.07 Å². The molecule has 0 bridgehead atoms. The van der Waals surface area contributed by atoms with Crippen LogP contribution in [0.2, 0.25) is 0 Å². The summed E-state index contributed by atoms with van der Waals surface area (Å²) >= 11 is 0. The standard InChI is InChI=1S/C25H34N4O3/c30-23-7-6-22(24(31)26-23)29-17-20-16-19(4-5-21(20)25(29)32)18-8-12-28(13-9-18)15-14-27-10-2-1-3-11-27/h4-5,16,18,22H,1-3,6-15,17H2,(H,26,30,31). The molecule has 3 fully saturated rings. The molecule has 1 N–H and O–H groups in total. The molecule has 0 radical (unpaired) electrons. The highest BCUT2D eigenvalue weighted by atomic mass is 16.2. The molecule has 172 valence electrons. The Bertz CT molecular complexity index is 887. The number of carbonyl (C=O) groups excluding carboxylic acids is 3. The van der Waals surface area contributed by atoms with Gasteiger partial charge < -0.3 is 14.7 Å². The maximum atomic E-state index is 12.9. The van der Waals surface area contributed by atoms with Crippen LogP contribution in [0.5, 0.6) is 0 Å². The maximum Gasteiger partial charge on any atom is 0.255 e. The number of carbonyl (C=O) groups is 3. The normalized spacial score (nSPS) is 25.8. The lowest BCUT2D eigenvalue weighted by Gasteiger charge is -2.34. The highest BCUT2D eigenvalue weighted by Crippen LogP contribution is 2.33. The summed E-state index contributed by atoms with van der Waals surface area (Å²) < 4.78 is 0. The lowest BCUT2D eigenvalue weighted by molar-refractivity contribution is -0.136. The first-order valence-electron chi connectivity index (χ1n) is 12.3. The predicted octanol–water partition coefficient (Wildman–Crippen LogP) is 2.11. The molecule has 0 saturated carbocycles. The van der Waals surface area contributed by atoms with E-state index in [1.54, 1.807) is 4.90 Å². The number of nitrogens with zero attached hydrogens (tertiary/aromatic N) is 3. The van der Waals surface area contributed by atoms with Crippen molar-refractivity contribution in [1.82, 2.24) is 20.0 Å². The Balaban J connectivity index is 1.17. The number of piperidine rings is 3. The number of nitrogens with one attached hydrogen (secondary N) is 1. The summed E-state index contributed by atoms with van der Waals surface area (Å²) in [5.74, 6) is -0.153. The monoisotopic (exact) mass is 438 g/mol. The van der Waals surface area contributed by atoms with E-state index < -0.39 is 6.04 Å². The van der Waals surface area contributed by atoms with Crippen LogP contribution < -0.4 is 5.32 Å². The van der Waals surface area contributed by atoms with E-state index >= 15 is 0 Å². The number of likely N-dealkylation sites (tertiary alicyclic amines) is 2. The summed E-state index contributed by atoms with van der Waals surface area (Å²) in [6, 6.07) is 5.70. The minimum Gasteiger partial charge on any atom is -0.322 e. The smallest absolute Gasteiger partial charge is 0.255 e. The quantitative estimate of drug-likeness (QED) is 0.713. The highest BCUT2D eigenvalue weighted by Gasteiger charge is 2.39. The van der Waals surface area contributed by atoms with Gasteiger partial charge in [0.1, 0.15) is 6.04 Å². The van der Waals surface area contributed by atoms with Crippen LogP contribution in [0.15, 0.2) is 18.2 Å². The van der Waals surface area contributed by atoms with E-state index in [0.29, 0.717) is 24.4 Å². The summed E-state index contributed by atoms with van der Waals surface area (Å²) in [7, 11) is 0. The second-order valence-electron chi connectivity index (χ2n) is 9.83. The van der Waals surface area contributed by atoms with Crippen LogP contribution in [-0.2, 0) is 16.1 Å². The van der Waals surface area contributed by atoms with Crippen molar-refractivity contribution in [3.8, 4) is 0 Å². The predicted molar refractivity (Wildman–Crippen MR) is 121 cm³/mol. The van der Waals surface area contributed by atoms with E-state index in [0.717, 1.165) is 31.5 Å². The number of hydrogen-bond donors (Lipinski definition) is 1. The first kappa shape index (κ1) is 21.6. The highest BCUT2D eigenvalue weighted by molar-refractivity contribution is 6.05. The van der Waals surface area contributed by atoms with Crippen LogP contribution in [0.3, 0.4) is 0 Å². The molecular formula is C25H34N4O3. The first-order chi connectivity index (χ1) is 15.6. The molecule has 1 unspecified atom stereocenters. The molecule has 1 aromatic rings. The Labute approximate surface area is 190 Å². The molecule has 7 heteroatoms. The average molecular weight is 439 g/mol. The van der Waals surface area contributed by atoms with Crippen molar-refractivity contribution in [2.75, 3.05) is 39.3 Å². The minimum absolute atomic E-state index is 0.0893. The van der Waals surface area contributed by atoms with Crippen molar-refractivity contribution in [2.24, 2.45) is 0 Å². The maximum absolute atomic E-state index is 12.9. The van der Waals surface area contributed by atoms with Crippen molar-refractivity contribution in [3.05, 3.63) is 34.9 Å². The van der Waals surface area contributed by atoms with Crippen molar-refractivity contribution >= 4 is 17.7 Å². The summed E-state index contributed by atoms with van der Waals surface area (Å²) in [6.07, 6.45) is 7.10. The number of rotatable bonds is 5. The zero-order valence-corrected chi connectivity index (χ0v) is 18.9. The molecule has 3 amide bonds. The lowest BCUT2D eigenvalue weighted by atomic mass is 9.88. The van der Waals surface area contributed by atoms with Gasteiger partial charge in [-0.1, -0.05) is 18.6 Å². The Morgan fingerprint density at radius 2 is 1.59 bits per heavy atom. The number of benzene rings is 1. The van der Waals surface area contributed by atoms with Crippen LogP contribution in [0.1, 0.15) is 72.3 Å². The molecule has 32 heavy (non-hydrogen) atoms. The van der Waals surface area contributed by atoms with E-state index in [-0.39, 0.29) is 24.1 Å². The lowest BCUT2D eigenvalue weighted by Crippen LogP contribution is -2.52. The third kappa shape index (κ3) is 4.46. The molecule has 1 atom stereocenters. The number of fused-ring (bicyclic) bond motifs is 1. The van der Waals surface area contributed by atoms with Crippen LogP contribution >= 0.6 is 0 Å². The van der Waals surface area contributed by atoms with Gasteiger partial charge in [-0.25, -0.2) is 0 Å². The fraction of sp³-hybridized carbons (Fsp3) is 0.640. The number of imide groups is 1. The summed E-state index contributed by atoms with van der Waals surface area (Å²) in [5, 5.41) is 2.37. The van der Waals surface area contributed by atoms with E-state index in [4.69, 9.17) is 0 Å². The third-order valence-corrected chi connectivity index (χ3v) is 7.79.